The second-order valence-electron chi connectivity index (χ2n) is 6.64. The Labute approximate surface area is 167 Å². The molecule has 144 valence electrons. The van der Waals surface area contributed by atoms with Gasteiger partial charge >= 0.3 is 0 Å². The first-order valence-electron chi connectivity index (χ1n) is 9.10. The number of carbonyl (C=O) groups is 1. The number of thioether (sulfide) groups is 1. The Morgan fingerprint density at radius 1 is 1.14 bits per heavy atom. The van der Waals surface area contributed by atoms with Crippen molar-refractivity contribution >= 4 is 23.4 Å². The number of amides is 1. The fraction of sp³-hybridized carbons (Fsp3) is 0.300. The number of carbonyl (C=O) groups excluding carboxylic acids is 1. The standard InChI is InChI=1S/C20H21N5O2S/c1-28-19-22-23-24-25(19)17-9-5-8-16(14-17)21-18(26)20(10-12-27-13-11-20)15-6-3-2-4-7-15/h2-9,14H,10-13H2,1H3,(H,21,26). The third-order valence-corrected chi connectivity index (χ3v) is 5.70. The molecule has 1 aromatic heterocycles. The summed E-state index contributed by atoms with van der Waals surface area (Å²) in [7, 11) is 0. The molecule has 2 aromatic carbocycles. The maximum atomic E-state index is 13.4. The van der Waals surface area contributed by atoms with Crippen LogP contribution in [0.5, 0.6) is 0 Å². The van der Waals surface area contributed by atoms with Gasteiger partial charge in [0.15, 0.2) is 0 Å². The summed E-state index contributed by atoms with van der Waals surface area (Å²) in [6.07, 6.45) is 3.24. The molecule has 8 heteroatoms. The molecule has 0 atom stereocenters. The van der Waals surface area contributed by atoms with Crippen molar-refractivity contribution in [2.45, 2.75) is 23.4 Å². The van der Waals surface area contributed by atoms with E-state index in [-0.39, 0.29) is 5.91 Å². The molecule has 1 aliphatic rings. The van der Waals surface area contributed by atoms with Gasteiger partial charge in [-0.2, -0.15) is 4.68 Å². The molecule has 28 heavy (non-hydrogen) atoms. The second kappa shape index (κ2) is 8.12. The number of nitrogens with one attached hydrogen (secondary N) is 1. The van der Waals surface area contributed by atoms with Gasteiger partial charge < -0.3 is 10.1 Å². The molecule has 0 aliphatic carbocycles. The lowest BCUT2D eigenvalue weighted by Gasteiger charge is -2.36. The molecule has 2 heterocycles. The van der Waals surface area contributed by atoms with Crippen molar-refractivity contribution in [3.8, 4) is 5.69 Å². The maximum absolute atomic E-state index is 13.4. The summed E-state index contributed by atoms with van der Waals surface area (Å²) in [5, 5.41) is 15.5. The third-order valence-electron chi connectivity index (χ3n) is 5.08. The lowest BCUT2D eigenvalue weighted by Crippen LogP contribution is -2.44. The Balaban J connectivity index is 1.63. The van der Waals surface area contributed by atoms with Gasteiger partial charge in [0, 0.05) is 18.9 Å². The number of hydrogen-bond acceptors (Lipinski definition) is 6. The van der Waals surface area contributed by atoms with Gasteiger partial charge in [-0.3, -0.25) is 4.79 Å². The van der Waals surface area contributed by atoms with Crippen molar-refractivity contribution in [1.82, 2.24) is 20.2 Å². The molecule has 1 N–H and O–H groups in total. The van der Waals surface area contributed by atoms with E-state index in [1.807, 2.05) is 60.9 Å². The van der Waals surface area contributed by atoms with E-state index in [9.17, 15) is 4.79 Å². The van der Waals surface area contributed by atoms with Gasteiger partial charge in [0.2, 0.25) is 11.1 Å². The number of rotatable bonds is 5. The number of benzene rings is 2. The van der Waals surface area contributed by atoms with Gasteiger partial charge in [-0.1, -0.05) is 48.2 Å². The molecular weight excluding hydrogens is 374 g/mol. The predicted molar refractivity (Wildman–Crippen MR) is 108 cm³/mol. The number of tetrazole rings is 1. The van der Waals surface area contributed by atoms with Gasteiger partial charge in [0.25, 0.3) is 0 Å². The SMILES string of the molecule is CSc1nnnn1-c1cccc(NC(=O)C2(c3ccccc3)CCOCC2)c1. The normalized spacial score (nSPS) is 15.9. The molecular formula is C20H21N5O2S. The minimum atomic E-state index is -0.589. The van der Waals surface area contributed by atoms with Gasteiger partial charge in [-0.15, -0.1) is 5.10 Å². The Hall–Kier alpha value is -2.71. The third kappa shape index (κ3) is 3.53. The Morgan fingerprint density at radius 2 is 1.93 bits per heavy atom. The second-order valence-corrected chi connectivity index (χ2v) is 7.42. The fourth-order valence-corrected chi connectivity index (χ4v) is 3.99. The Kier molecular flexibility index (Phi) is 5.40. The zero-order chi connectivity index (χ0) is 19.4. The van der Waals surface area contributed by atoms with E-state index in [0.717, 1.165) is 11.3 Å². The molecule has 1 saturated heterocycles. The predicted octanol–water partition coefficient (Wildman–Crippen LogP) is 3.07. The van der Waals surface area contributed by atoms with Gasteiger partial charge in [-0.25, -0.2) is 0 Å². The highest BCUT2D eigenvalue weighted by atomic mass is 32.2. The van der Waals surface area contributed by atoms with Crippen LogP contribution in [0, 0.1) is 0 Å². The van der Waals surface area contributed by atoms with E-state index in [1.165, 1.54) is 11.8 Å². The molecule has 3 aromatic rings. The largest absolute Gasteiger partial charge is 0.381 e. The number of nitrogens with zero attached hydrogens (tertiary/aromatic N) is 4. The first-order valence-corrected chi connectivity index (χ1v) is 10.3. The molecule has 0 unspecified atom stereocenters. The van der Waals surface area contributed by atoms with Gasteiger partial charge in [-0.05, 0) is 53.3 Å². The highest BCUT2D eigenvalue weighted by Crippen LogP contribution is 2.36. The maximum Gasteiger partial charge on any atom is 0.235 e. The Morgan fingerprint density at radius 3 is 2.68 bits per heavy atom. The first-order chi connectivity index (χ1) is 13.7. The topological polar surface area (TPSA) is 81.9 Å². The van der Waals surface area contributed by atoms with Crippen molar-refractivity contribution in [3.63, 3.8) is 0 Å². The molecule has 0 spiro atoms. The monoisotopic (exact) mass is 395 g/mol. The van der Waals surface area contributed by atoms with Crippen LogP contribution >= 0.6 is 11.8 Å². The number of ether oxygens (including phenoxy) is 1. The average Bonchev–Trinajstić information content (AvgIpc) is 3.24. The number of anilines is 1. The zero-order valence-electron chi connectivity index (χ0n) is 15.5. The number of aromatic nitrogens is 4. The van der Waals surface area contributed by atoms with Crippen LogP contribution in [0.1, 0.15) is 18.4 Å². The van der Waals surface area contributed by atoms with E-state index >= 15 is 0 Å². The van der Waals surface area contributed by atoms with Crippen molar-refractivity contribution in [3.05, 3.63) is 60.2 Å². The van der Waals surface area contributed by atoms with Crippen LogP contribution in [0.15, 0.2) is 59.8 Å². The summed E-state index contributed by atoms with van der Waals surface area (Å²) < 4.78 is 7.19. The average molecular weight is 395 g/mol. The molecule has 1 fully saturated rings. The summed E-state index contributed by atoms with van der Waals surface area (Å²) in [6.45, 7) is 1.15. The van der Waals surface area contributed by atoms with Crippen molar-refractivity contribution in [2.24, 2.45) is 0 Å². The number of hydrogen-bond donors (Lipinski definition) is 1. The lowest BCUT2D eigenvalue weighted by atomic mass is 9.73. The smallest absolute Gasteiger partial charge is 0.235 e. The highest BCUT2D eigenvalue weighted by Gasteiger charge is 2.41. The van der Waals surface area contributed by atoms with E-state index in [4.69, 9.17) is 4.74 Å². The van der Waals surface area contributed by atoms with Crippen LogP contribution in [-0.4, -0.2) is 45.6 Å². The lowest BCUT2D eigenvalue weighted by molar-refractivity contribution is -0.125. The molecule has 1 aliphatic heterocycles. The highest BCUT2D eigenvalue weighted by molar-refractivity contribution is 7.98. The summed E-state index contributed by atoms with van der Waals surface area (Å²) in [5.74, 6) is -0.0130. The molecule has 1 amide bonds. The van der Waals surface area contributed by atoms with Crippen LogP contribution in [0.2, 0.25) is 0 Å². The van der Waals surface area contributed by atoms with Gasteiger partial charge in [0.1, 0.15) is 0 Å². The summed E-state index contributed by atoms with van der Waals surface area (Å²) in [5.41, 5.74) is 1.95. The van der Waals surface area contributed by atoms with E-state index < -0.39 is 5.41 Å². The van der Waals surface area contributed by atoms with Gasteiger partial charge in [0.05, 0.1) is 11.1 Å². The van der Waals surface area contributed by atoms with E-state index in [2.05, 4.69) is 20.8 Å². The van der Waals surface area contributed by atoms with Crippen LogP contribution in [-0.2, 0) is 14.9 Å². The minimum absolute atomic E-state index is 0.0130. The van der Waals surface area contributed by atoms with Crippen LogP contribution in [0.25, 0.3) is 5.69 Å². The van der Waals surface area contributed by atoms with Crippen LogP contribution in [0.3, 0.4) is 0 Å². The van der Waals surface area contributed by atoms with Crippen molar-refractivity contribution in [1.29, 1.82) is 0 Å². The molecule has 0 bridgehead atoms. The zero-order valence-corrected chi connectivity index (χ0v) is 16.4. The summed E-state index contributed by atoms with van der Waals surface area (Å²) in [6, 6.07) is 17.5. The first kappa shape index (κ1) is 18.6. The quantitative estimate of drug-likeness (QED) is 0.669. The van der Waals surface area contributed by atoms with Crippen molar-refractivity contribution in [2.75, 3.05) is 24.8 Å². The van der Waals surface area contributed by atoms with E-state index in [1.54, 1.807) is 4.68 Å². The molecule has 7 nitrogen and oxygen atoms in total. The Bertz CT molecular complexity index is 954. The summed E-state index contributed by atoms with van der Waals surface area (Å²) >= 11 is 1.46. The minimum Gasteiger partial charge on any atom is -0.381 e. The van der Waals surface area contributed by atoms with Crippen LogP contribution < -0.4 is 5.32 Å². The van der Waals surface area contributed by atoms with E-state index in [0.29, 0.717) is 36.9 Å². The van der Waals surface area contributed by atoms with Crippen molar-refractivity contribution < 1.29 is 9.53 Å². The molecule has 0 saturated carbocycles. The molecule has 0 radical (unpaired) electrons. The summed E-state index contributed by atoms with van der Waals surface area (Å²) in [4.78, 5) is 13.4. The molecule has 4 rings (SSSR count). The van der Waals surface area contributed by atoms with Crippen LogP contribution in [0.4, 0.5) is 5.69 Å². The fourth-order valence-electron chi connectivity index (χ4n) is 3.56.